The van der Waals surface area contributed by atoms with E-state index in [2.05, 4.69) is 10.0 Å². The van der Waals surface area contributed by atoms with Gasteiger partial charge in [-0.15, -0.1) is 0 Å². The summed E-state index contributed by atoms with van der Waals surface area (Å²) in [7, 11) is -3.87. The van der Waals surface area contributed by atoms with Crippen LogP contribution in [-0.4, -0.2) is 20.4 Å². The molecule has 0 spiro atoms. The summed E-state index contributed by atoms with van der Waals surface area (Å²) in [4.78, 5) is 11.6. The van der Waals surface area contributed by atoms with E-state index in [4.69, 9.17) is 10.00 Å². The Labute approximate surface area is 138 Å². The first-order valence-electron chi connectivity index (χ1n) is 7.03. The molecule has 2 aromatic rings. The van der Waals surface area contributed by atoms with Crippen molar-refractivity contribution >= 4 is 27.3 Å². The molecule has 1 atom stereocenters. The summed E-state index contributed by atoms with van der Waals surface area (Å²) >= 11 is 0. The van der Waals surface area contributed by atoms with Crippen LogP contribution in [0.25, 0.3) is 0 Å². The fourth-order valence-corrected chi connectivity index (χ4v) is 3.30. The fraction of sp³-hybridized carbons (Fsp3) is 0.125. The van der Waals surface area contributed by atoms with E-state index in [1.807, 2.05) is 6.07 Å². The van der Waals surface area contributed by atoms with Crippen LogP contribution < -0.4 is 14.8 Å². The van der Waals surface area contributed by atoms with E-state index >= 15 is 0 Å². The summed E-state index contributed by atoms with van der Waals surface area (Å²) in [6.45, 7) is 1.60. The van der Waals surface area contributed by atoms with E-state index in [1.165, 1.54) is 24.3 Å². The summed E-state index contributed by atoms with van der Waals surface area (Å²) < 4.78 is 32.8. The van der Waals surface area contributed by atoms with Crippen LogP contribution in [-0.2, 0) is 14.8 Å². The van der Waals surface area contributed by atoms with E-state index in [1.54, 1.807) is 25.1 Å². The molecule has 0 bridgehead atoms. The molecule has 0 radical (unpaired) electrons. The second-order valence-electron chi connectivity index (χ2n) is 5.21. The van der Waals surface area contributed by atoms with Crippen LogP contribution in [0.3, 0.4) is 0 Å². The predicted molar refractivity (Wildman–Crippen MR) is 87.1 cm³/mol. The molecule has 8 heteroatoms. The molecule has 2 N–H and O–H groups in total. The van der Waals surface area contributed by atoms with Gasteiger partial charge in [-0.3, -0.25) is 9.52 Å². The number of carbonyl (C=O) groups is 1. The Bertz CT molecular complexity index is 964. The molecule has 1 aliphatic rings. The predicted octanol–water partition coefficient (Wildman–Crippen LogP) is 2.08. The van der Waals surface area contributed by atoms with Gasteiger partial charge in [0.1, 0.15) is 5.75 Å². The van der Waals surface area contributed by atoms with Gasteiger partial charge in [-0.1, -0.05) is 6.07 Å². The van der Waals surface area contributed by atoms with Crippen LogP contribution in [0.5, 0.6) is 5.75 Å². The highest BCUT2D eigenvalue weighted by molar-refractivity contribution is 7.92. The monoisotopic (exact) mass is 343 g/mol. The third-order valence-electron chi connectivity index (χ3n) is 3.44. The Hall–Kier alpha value is -3.05. The molecule has 24 heavy (non-hydrogen) atoms. The van der Waals surface area contributed by atoms with Crippen molar-refractivity contribution < 1.29 is 17.9 Å². The lowest BCUT2D eigenvalue weighted by atomic mass is 10.2. The minimum Gasteiger partial charge on any atom is -0.479 e. The van der Waals surface area contributed by atoms with Crippen LogP contribution in [0.2, 0.25) is 0 Å². The summed E-state index contributed by atoms with van der Waals surface area (Å²) in [6.07, 6.45) is -0.633. The van der Waals surface area contributed by atoms with Crippen LogP contribution in [0.1, 0.15) is 12.5 Å². The highest BCUT2D eigenvalue weighted by Gasteiger charge is 2.25. The van der Waals surface area contributed by atoms with Gasteiger partial charge in [-0.2, -0.15) is 5.26 Å². The van der Waals surface area contributed by atoms with Gasteiger partial charge in [-0.05, 0) is 43.3 Å². The van der Waals surface area contributed by atoms with Crippen molar-refractivity contribution in [2.75, 3.05) is 10.0 Å². The highest BCUT2D eigenvalue weighted by Crippen LogP contribution is 2.32. The van der Waals surface area contributed by atoms with E-state index in [9.17, 15) is 13.2 Å². The first-order valence-corrected chi connectivity index (χ1v) is 8.52. The Morgan fingerprint density at radius 1 is 1.25 bits per heavy atom. The maximum atomic E-state index is 12.5. The number of nitriles is 1. The lowest BCUT2D eigenvalue weighted by molar-refractivity contribution is -0.122. The quantitative estimate of drug-likeness (QED) is 0.887. The zero-order chi connectivity index (χ0) is 17.3. The van der Waals surface area contributed by atoms with Gasteiger partial charge >= 0.3 is 0 Å². The average Bonchev–Trinajstić information content (AvgIpc) is 2.55. The van der Waals surface area contributed by atoms with Gasteiger partial charge in [0.05, 0.1) is 27.9 Å². The van der Waals surface area contributed by atoms with Crippen molar-refractivity contribution in [3.8, 4) is 11.8 Å². The largest absolute Gasteiger partial charge is 0.479 e. The summed E-state index contributed by atoms with van der Waals surface area (Å²) in [5.74, 6) is 0.0688. The second-order valence-corrected chi connectivity index (χ2v) is 6.89. The van der Waals surface area contributed by atoms with Crippen molar-refractivity contribution in [1.82, 2.24) is 0 Å². The first-order chi connectivity index (χ1) is 11.4. The van der Waals surface area contributed by atoms with Crippen molar-refractivity contribution in [1.29, 1.82) is 5.26 Å². The molecule has 1 heterocycles. The Morgan fingerprint density at radius 3 is 2.79 bits per heavy atom. The molecule has 0 saturated heterocycles. The Kier molecular flexibility index (Phi) is 3.87. The summed E-state index contributed by atoms with van der Waals surface area (Å²) in [6, 6.07) is 12.3. The minimum atomic E-state index is -3.87. The normalized spacial score (nSPS) is 16.3. The topological polar surface area (TPSA) is 108 Å². The Balaban J connectivity index is 1.92. The number of carbonyl (C=O) groups excluding carboxylic acids is 1. The van der Waals surface area contributed by atoms with E-state index in [-0.39, 0.29) is 16.5 Å². The number of nitrogens with one attached hydrogen (secondary N) is 2. The summed E-state index contributed by atoms with van der Waals surface area (Å²) in [5.41, 5.74) is 0.919. The minimum absolute atomic E-state index is 0.0259. The zero-order valence-electron chi connectivity index (χ0n) is 12.6. The number of benzene rings is 2. The average molecular weight is 343 g/mol. The molecule has 0 saturated carbocycles. The third kappa shape index (κ3) is 3.02. The van der Waals surface area contributed by atoms with Gasteiger partial charge in [-0.25, -0.2) is 8.42 Å². The fourth-order valence-electron chi connectivity index (χ4n) is 2.22. The zero-order valence-corrected chi connectivity index (χ0v) is 13.4. The molecule has 0 aromatic heterocycles. The smallest absolute Gasteiger partial charge is 0.265 e. The third-order valence-corrected chi connectivity index (χ3v) is 4.82. The molecule has 2 aromatic carbocycles. The van der Waals surface area contributed by atoms with E-state index in [0.717, 1.165) is 0 Å². The first kappa shape index (κ1) is 15.8. The highest BCUT2D eigenvalue weighted by atomic mass is 32.2. The number of rotatable bonds is 3. The number of nitrogens with zero attached hydrogens (tertiary/aromatic N) is 1. The lowest BCUT2D eigenvalue weighted by Gasteiger charge is -2.23. The van der Waals surface area contributed by atoms with Crippen LogP contribution in [0, 0.1) is 11.3 Å². The van der Waals surface area contributed by atoms with Gasteiger partial charge in [0.25, 0.3) is 15.9 Å². The molecule has 0 fully saturated rings. The maximum absolute atomic E-state index is 12.5. The maximum Gasteiger partial charge on any atom is 0.265 e. The Morgan fingerprint density at radius 2 is 2.04 bits per heavy atom. The number of ether oxygens (including phenoxy) is 1. The van der Waals surface area contributed by atoms with E-state index in [0.29, 0.717) is 17.0 Å². The molecule has 0 aliphatic carbocycles. The van der Waals surface area contributed by atoms with E-state index < -0.39 is 16.1 Å². The van der Waals surface area contributed by atoms with Gasteiger partial charge in [0, 0.05) is 0 Å². The standard InChI is InChI=1S/C16H13N3O4S/c1-10-16(20)18-14-8-13(5-6-15(14)23-10)24(21,22)19-12-4-2-3-11(7-12)9-17/h2-8,10,19H,1H3,(H,18,20)/t10-/m1/s1. The molecule has 7 nitrogen and oxygen atoms in total. The van der Waals surface area contributed by atoms with Crippen LogP contribution in [0.15, 0.2) is 47.4 Å². The van der Waals surface area contributed by atoms with Gasteiger partial charge in [0.2, 0.25) is 0 Å². The van der Waals surface area contributed by atoms with Crippen molar-refractivity contribution in [2.24, 2.45) is 0 Å². The molecule has 1 amide bonds. The molecular weight excluding hydrogens is 330 g/mol. The molecular formula is C16H13N3O4S. The summed E-state index contributed by atoms with van der Waals surface area (Å²) in [5, 5.41) is 11.5. The number of hydrogen-bond donors (Lipinski definition) is 2. The molecule has 122 valence electrons. The van der Waals surface area contributed by atoms with Crippen molar-refractivity contribution in [2.45, 2.75) is 17.9 Å². The van der Waals surface area contributed by atoms with Crippen LogP contribution >= 0.6 is 0 Å². The van der Waals surface area contributed by atoms with Crippen molar-refractivity contribution in [3.63, 3.8) is 0 Å². The number of fused-ring (bicyclic) bond motifs is 1. The van der Waals surface area contributed by atoms with Gasteiger partial charge < -0.3 is 10.1 Å². The van der Waals surface area contributed by atoms with Crippen LogP contribution in [0.4, 0.5) is 11.4 Å². The van der Waals surface area contributed by atoms with Gasteiger partial charge in [0.15, 0.2) is 6.10 Å². The molecule has 0 unspecified atom stereocenters. The second kappa shape index (κ2) is 5.86. The lowest BCUT2D eigenvalue weighted by Crippen LogP contribution is -2.34. The van der Waals surface area contributed by atoms with Crippen molar-refractivity contribution in [3.05, 3.63) is 48.0 Å². The number of anilines is 2. The molecule has 3 rings (SSSR count). The number of sulfonamides is 1. The number of amides is 1. The number of hydrogen-bond acceptors (Lipinski definition) is 5. The molecule has 1 aliphatic heterocycles. The SMILES string of the molecule is C[C@H]1Oc2ccc(S(=O)(=O)Nc3cccc(C#N)c3)cc2NC1=O.